The van der Waals surface area contributed by atoms with Gasteiger partial charge in [0.1, 0.15) is 0 Å². The van der Waals surface area contributed by atoms with Gasteiger partial charge in [0.2, 0.25) is 0 Å². The SMILES string of the molecule is C[C]1[CH][CH][CH][C]1P(c1ccccc1)c1ccccc1.[CH]1[CH][CH][C](P(c2ccccc2)c2ccccc2)[CH]1.[Cl][Ni][Cl].[Fe]. The van der Waals surface area contributed by atoms with Crippen LogP contribution >= 0.6 is 36.2 Å². The smallest absolute Gasteiger partial charge is 0 e. The van der Waals surface area contributed by atoms with E-state index in [9.17, 15) is 0 Å². The summed E-state index contributed by atoms with van der Waals surface area (Å²) in [6.07, 6.45) is 15.3. The summed E-state index contributed by atoms with van der Waals surface area (Å²) in [7, 11) is 8.56. The van der Waals surface area contributed by atoms with Gasteiger partial charge in [0.25, 0.3) is 0 Å². The van der Waals surface area contributed by atoms with Crippen molar-refractivity contribution in [2.24, 2.45) is 0 Å². The van der Waals surface area contributed by atoms with Crippen LogP contribution in [0.2, 0.25) is 0 Å². The quantitative estimate of drug-likeness (QED) is 0.140. The van der Waals surface area contributed by atoms with Crippen molar-refractivity contribution in [2.75, 3.05) is 0 Å². The molecule has 0 aliphatic heterocycles. The van der Waals surface area contributed by atoms with E-state index < -0.39 is 15.8 Å². The molecule has 0 heterocycles. The summed E-state index contributed by atoms with van der Waals surface area (Å²) in [4.78, 5) is 0. The zero-order valence-electron chi connectivity index (χ0n) is 22.4. The summed E-state index contributed by atoms with van der Waals surface area (Å²) in [6.45, 7) is 2.20. The molecule has 4 aromatic rings. The largest absolute Gasteiger partial charge is 0 e. The summed E-state index contributed by atoms with van der Waals surface area (Å²) < 4.78 is 0. The van der Waals surface area contributed by atoms with Crippen molar-refractivity contribution in [3.63, 3.8) is 0 Å². The second kappa shape index (κ2) is 19.6. The van der Waals surface area contributed by atoms with Crippen molar-refractivity contribution in [1.29, 1.82) is 0 Å². The van der Waals surface area contributed by atoms with E-state index in [0.29, 0.717) is 12.7 Å². The Labute approximate surface area is 275 Å². The first kappa shape index (κ1) is 34.8. The van der Waals surface area contributed by atoms with E-state index in [1.54, 1.807) is 0 Å². The van der Waals surface area contributed by atoms with Crippen LogP contribution in [-0.4, -0.2) is 0 Å². The van der Waals surface area contributed by atoms with E-state index in [0.717, 1.165) is 0 Å². The topological polar surface area (TPSA) is 0 Å². The Morgan fingerprint density at radius 3 is 1.12 bits per heavy atom. The van der Waals surface area contributed by atoms with Crippen molar-refractivity contribution < 1.29 is 29.7 Å². The fraction of sp³-hybridized carbons (Fsp3) is 0.0286. The first-order valence-corrected chi connectivity index (χ1v) is 18.2. The summed E-state index contributed by atoms with van der Waals surface area (Å²) in [5, 5.41) is 5.64. The van der Waals surface area contributed by atoms with Crippen molar-refractivity contribution in [3.8, 4) is 0 Å². The van der Waals surface area contributed by atoms with Crippen LogP contribution in [0.5, 0.6) is 0 Å². The summed E-state index contributed by atoms with van der Waals surface area (Å²) in [5.41, 5.74) is 2.88. The van der Waals surface area contributed by atoms with Gasteiger partial charge >= 0.3 is 33.0 Å². The molecular formula is C35H30Cl2FeNiP2. The number of hydrogen-bond donors (Lipinski definition) is 0. The maximum atomic E-state index is 4.70. The molecule has 2 aliphatic rings. The number of halogens is 2. The zero-order chi connectivity index (χ0) is 28.0. The predicted octanol–water partition coefficient (Wildman–Crippen LogP) is 8.73. The first-order valence-electron chi connectivity index (χ1n) is 12.8. The molecule has 0 nitrogen and oxygen atoms in total. The Morgan fingerprint density at radius 2 is 0.805 bits per heavy atom. The Bertz CT molecular complexity index is 1130. The molecule has 0 amide bonds. The van der Waals surface area contributed by atoms with Gasteiger partial charge in [-0.25, -0.2) is 0 Å². The molecule has 0 bridgehead atoms. The third kappa shape index (κ3) is 10.5. The van der Waals surface area contributed by atoms with Crippen molar-refractivity contribution >= 4 is 57.4 Å². The van der Waals surface area contributed by atoms with Gasteiger partial charge in [0, 0.05) is 28.4 Å². The fourth-order valence-corrected chi connectivity index (χ4v) is 9.21. The molecule has 6 heteroatoms. The molecule has 2 saturated carbocycles. The third-order valence-corrected chi connectivity index (χ3v) is 11.3. The van der Waals surface area contributed by atoms with Gasteiger partial charge in [-0.05, 0) is 87.9 Å². The molecule has 2 aliphatic carbocycles. The van der Waals surface area contributed by atoms with Crippen LogP contribution in [0.15, 0.2) is 121 Å². The minimum atomic E-state index is -0.430. The molecule has 0 atom stereocenters. The molecule has 0 saturated heterocycles. The van der Waals surface area contributed by atoms with Crippen LogP contribution in [0.3, 0.4) is 0 Å². The van der Waals surface area contributed by atoms with Gasteiger partial charge in [0.05, 0.1) is 0 Å². The predicted molar refractivity (Wildman–Crippen MR) is 175 cm³/mol. The van der Waals surface area contributed by atoms with Crippen molar-refractivity contribution in [2.45, 2.75) is 6.92 Å². The van der Waals surface area contributed by atoms with Gasteiger partial charge in [-0.15, -0.1) is 0 Å². The fourth-order valence-electron chi connectivity index (χ4n) is 4.45. The number of benzene rings is 4. The molecule has 2 fully saturated rings. The van der Waals surface area contributed by atoms with Gasteiger partial charge < -0.3 is 0 Å². The number of rotatable bonds is 6. The van der Waals surface area contributed by atoms with Gasteiger partial charge in [0.15, 0.2) is 0 Å². The molecule has 10 radical (unpaired) electrons. The van der Waals surface area contributed by atoms with Gasteiger partial charge in [-0.1, -0.05) is 128 Å². The molecule has 6 rings (SSSR count). The number of hydrogen-bond acceptors (Lipinski definition) is 0. The second-order valence-electron chi connectivity index (χ2n) is 8.80. The van der Waals surface area contributed by atoms with Crippen molar-refractivity contribution in [3.05, 3.63) is 184 Å². The average Bonchev–Trinajstić information content (AvgIpc) is 3.69. The zero-order valence-corrected chi connectivity index (χ0v) is 27.8. The van der Waals surface area contributed by atoms with Crippen LogP contribution < -0.4 is 21.2 Å². The normalized spacial score (nSPS) is 15.6. The third-order valence-electron chi connectivity index (χ3n) is 6.21. The maximum absolute atomic E-state index is 4.70. The maximum Gasteiger partial charge on any atom is 0 e. The van der Waals surface area contributed by atoms with Crippen LogP contribution in [0.25, 0.3) is 0 Å². The Balaban J connectivity index is 0.000000202. The second-order valence-corrected chi connectivity index (χ2v) is 14.8. The van der Waals surface area contributed by atoms with E-state index in [2.05, 4.69) is 173 Å². The van der Waals surface area contributed by atoms with Crippen LogP contribution in [-0.2, 0) is 29.7 Å². The van der Waals surface area contributed by atoms with Gasteiger partial charge in [-0.3, -0.25) is 0 Å². The van der Waals surface area contributed by atoms with Crippen LogP contribution in [0, 0.1) is 62.2 Å². The Morgan fingerprint density at radius 1 is 0.463 bits per heavy atom. The van der Waals surface area contributed by atoms with E-state index >= 15 is 0 Å². The summed E-state index contributed by atoms with van der Waals surface area (Å²) in [6, 6.07) is 43.2. The first-order chi connectivity index (χ1) is 19.7. The minimum Gasteiger partial charge on any atom is 0 e. The average molecular weight is 698 g/mol. The molecule has 0 aromatic heterocycles. The standard InChI is InChI=1S/C18H16P.C17H14P.2ClH.Fe.Ni/c1-15-9-8-14-18(15)19(16-10-4-2-5-11-16)17-12-6-3-7-13-17;1-3-9-15(10-4-1)18(17-13-7-8-14-17)16-11-5-2-6-12-16;;;;/h2-14H,1H3;1-14H;2*1H;;/q;;;;;+2/p-2. The van der Waals surface area contributed by atoms with Gasteiger partial charge in [-0.2, -0.15) is 0 Å². The molecule has 0 unspecified atom stereocenters. The molecule has 212 valence electrons. The summed E-state index contributed by atoms with van der Waals surface area (Å²) >= 11 is 0.569. The van der Waals surface area contributed by atoms with E-state index in [-0.39, 0.29) is 17.1 Å². The Hall–Kier alpha value is -0.667. The molecule has 41 heavy (non-hydrogen) atoms. The van der Waals surface area contributed by atoms with Crippen molar-refractivity contribution in [1.82, 2.24) is 0 Å². The monoisotopic (exact) mass is 696 g/mol. The van der Waals surface area contributed by atoms with E-state index in [1.807, 2.05) is 0 Å². The minimum absolute atomic E-state index is 0. The Kier molecular flexibility index (Phi) is 16.6. The molecule has 0 spiro atoms. The van der Waals surface area contributed by atoms with E-state index in [1.165, 1.54) is 38.5 Å². The summed E-state index contributed by atoms with van der Waals surface area (Å²) in [5.74, 6) is 1.39. The van der Waals surface area contributed by atoms with Crippen LogP contribution in [0.4, 0.5) is 0 Å². The molecule has 0 N–H and O–H groups in total. The molecular weight excluding hydrogens is 668 g/mol. The van der Waals surface area contributed by atoms with E-state index in [4.69, 9.17) is 20.4 Å². The van der Waals surface area contributed by atoms with Crippen LogP contribution in [0.1, 0.15) is 6.92 Å². The molecule has 4 aromatic carbocycles.